The second-order valence-electron chi connectivity index (χ2n) is 8.73. The van der Waals surface area contributed by atoms with Crippen LogP contribution in [0.15, 0.2) is 9.80 Å². The number of furan rings is 1. The fourth-order valence-corrected chi connectivity index (χ4v) is 4.93. The second-order valence-corrected chi connectivity index (χ2v) is 9.59. The van der Waals surface area contributed by atoms with Crippen LogP contribution >= 0.6 is 11.3 Å². The smallest absolute Gasteiger partial charge is 0.293 e. The Morgan fingerprint density at radius 1 is 1.29 bits per heavy atom. The first-order chi connectivity index (χ1) is 13.3. The van der Waals surface area contributed by atoms with E-state index in [9.17, 15) is 9.59 Å². The van der Waals surface area contributed by atoms with Gasteiger partial charge in [0, 0.05) is 30.3 Å². The lowest BCUT2D eigenvalue weighted by Crippen LogP contribution is -2.29. The van der Waals surface area contributed by atoms with Gasteiger partial charge in [-0.25, -0.2) is 4.98 Å². The maximum atomic E-state index is 12.8. The Labute approximate surface area is 169 Å². The van der Waals surface area contributed by atoms with Crippen LogP contribution in [0, 0.1) is 12.3 Å². The molecule has 7 heteroatoms. The minimum atomic E-state index is -0.337. The van der Waals surface area contributed by atoms with Gasteiger partial charge in [0.15, 0.2) is 16.7 Å². The maximum Gasteiger partial charge on any atom is 0.293 e. The average Bonchev–Trinajstić information content (AvgIpc) is 3.19. The number of fused-ring (bicyclic) bond motifs is 1. The molecule has 28 heavy (non-hydrogen) atoms. The van der Waals surface area contributed by atoms with Crippen molar-refractivity contribution in [2.45, 2.75) is 59.4 Å². The number of Topliss-reactive ketones (excluding diaryl/α,β-unsaturated/α-hetero) is 1. The second kappa shape index (κ2) is 7.44. The summed E-state index contributed by atoms with van der Waals surface area (Å²) in [5, 5.41) is 5.41. The first-order valence-corrected chi connectivity index (χ1v) is 10.8. The van der Waals surface area contributed by atoms with Crippen LogP contribution in [0.1, 0.15) is 77.5 Å². The summed E-state index contributed by atoms with van der Waals surface area (Å²) in [6, 6.07) is 0. The van der Waals surface area contributed by atoms with Crippen molar-refractivity contribution in [1.82, 2.24) is 9.88 Å². The van der Waals surface area contributed by atoms with E-state index in [0.29, 0.717) is 34.9 Å². The van der Waals surface area contributed by atoms with Crippen LogP contribution in [0.25, 0.3) is 0 Å². The number of aromatic nitrogens is 1. The molecule has 4 rings (SSSR count). The molecule has 2 aromatic rings. The molecule has 150 valence electrons. The Balaban J connectivity index is 1.47. The number of rotatable bonds is 4. The summed E-state index contributed by atoms with van der Waals surface area (Å²) in [5.41, 5.74) is 2.07. The Morgan fingerprint density at radius 2 is 2.04 bits per heavy atom. The fourth-order valence-electron chi connectivity index (χ4n) is 4.24. The monoisotopic (exact) mass is 401 g/mol. The molecule has 0 spiro atoms. The van der Waals surface area contributed by atoms with E-state index in [1.165, 1.54) is 30.6 Å². The third-order valence-electron chi connectivity index (χ3n) is 5.59. The molecule has 2 aliphatic rings. The predicted octanol–water partition coefficient (Wildman–Crippen LogP) is 4.44. The van der Waals surface area contributed by atoms with Crippen LogP contribution in [0.5, 0.6) is 0 Å². The molecule has 0 atom stereocenters. The van der Waals surface area contributed by atoms with Crippen molar-refractivity contribution in [3.8, 4) is 0 Å². The number of amides is 1. The molecule has 1 aliphatic carbocycles. The van der Waals surface area contributed by atoms with E-state index in [1.807, 2.05) is 19.2 Å². The van der Waals surface area contributed by atoms with Crippen LogP contribution in [-0.2, 0) is 13.0 Å². The zero-order valence-corrected chi connectivity index (χ0v) is 17.6. The van der Waals surface area contributed by atoms with Crippen LogP contribution in [0.4, 0.5) is 5.13 Å². The van der Waals surface area contributed by atoms with Gasteiger partial charge >= 0.3 is 0 Å². The van der Waals surface area contributed by atoms with Gasteiger partial charge in [-0.3, -0.25) is 19.8 Å². The minimum absolute atomic E-state index is 0.0598. The average molecular weight is 402 g/mol. The highest BCUT2D eigenvalue weighted by Crippen LogP contribution is 2.38. The number of ketones is 1. The van der Waals surface area contributed by atoms with Crippen molar-refractivity contribution in [3.05, 3.63) is 33.7 Å². The van der Waals surface area contributed by atoms with Gasteiger partial charge < -0.3 is 4.42 Å². The first kappa shape index (κ1) is 19.3. The highest BCUT2D eigenvalue weighted by atomic mass is 32.1. The number of hydrogen-bond acceptors (Lipinski definition) is 6. The fraction of sp³-hybridized carbons (Fsp3) is 0.571. The summed E-state index contributed by atoms with van der Waals surface area (Å²) in [6.07, 6.45) is 4.94. The molecule has 0 bridgehead atoms. The molecule has 0 saturated carbocycles. The Kier molecular flexibility index (Phi) is 5.14. The Bertz CT molecular complexity index is 906. The van der Waals surface area contributed by atoms with Crippen molar-refractivity contribution in [1.29, 1.82) is 0 Å². The van der Waals surface area contributed by atoms with E-state index < -0.39 is 0 Å². The van der Waals surface area contributed by atoms with Crippen molar-refractivity contribution in [2.75, 3.05) is 18.4 Å². The van der Waals surface area contributed by atoms with E-state index in [0.717, 1.165) is 25.3 Å². The minimum Gasteiger partial charge on any atom is -0.455 e. The standard InChI is InChI=1S/C21H27N3O3S/c1-13-17-15(25)9-21(2,3)10-16(17)27-18(13)19(26)23-20-22-14(12-28-20)11-24-7-5-4-6-8-24/h12H,4-11H2,1-3H3,(H,22,23,26). The summed E-state index contributed by atoms with van der Waals surface area (Å²) in [6.45, 7) is 8.93. The third-order valence-corrected chi connectivity index (χ3v) is 6.40. The van der Waals surface area contributed by atoms with Crippen LogP contribution in [-0.4, -0.2) is 34.7 Å². The van der Waals surface area contributed by atoms with Gasteiger partial charge in [0.25, 0.3) is 5.91 Å². The number of nitrogens with zero attached hydrogens (tertiary/aromatic N) is 2. The van der Waals surface area contributed by atoms with Gasteiger partial charge in [-0.05, 0) is 38.3 Å². The number of hydrogen-bond donors (Lipinski definition) is 1. The van der Waals surface area contributed by atoms with Gasteiger partial charge in [-0.2, -0.15) is 0 Å². The van der Waals surface area contributed by atoms with Gasteiger partial charge in [0.2, 0.25) is 0 Å². The Hall–Kier alpha value is -1.99. The number of piperidine rings is 1. The van der Waals surface area contributed by atoms with E-state index >= 15 is 0 Å². The molecule has 3 heterocycles. The molecule has 2 aromatic heterocycles. The SMILES string of the molecule is Cc1c(C(=O)Nc2nc(CN3CCCCC3)cs2)oc2c1C(=O)CC(C)(C)C2. The van der Waals surface area contributed by atoms with E-state index in [1.54, 1.807) is 6.92 Å². The summed E-state index contributed by atoms with van der Waals surface area (Å²) in [4.78, 5) is 32.2. The topological polar surface area (TPSA) is 75.4 Å². The molecule has 1 saturated heterocycles. The lowest BCUT2D eigenvalue weighted by atomic mass is 9.76. The molecule has 1 aliphatic heterocycles. The molecule has 1 N–H and O–H groups in total. The largest absolute Gasteiger partial charge is 0.455 e. The number of likely N-dealkylation sites (tertiary alicyclic amines) is 1. The molecular formula is C21H27N3O3S. The van der Waals surface area contributed by atoms with Gasteiger partial charge in [-0.1, -0.05) is 20.3 Å². The van der Waals surface area contributed by atoms with E-state index in [2.05, 4.69) is 15.2 Å². The number of carbonyl (C=O) groups is 2. The van der Waals surface area contributed by atoms with Crippen LogP contribution in [0.3, 0.4) is 0 Å². The van der Waals surface area contributed by atoms with Crippen molar-refractivity contribution in [3.63, 3.8) is 0 Å². The van der Waals surface area contributed by atoms with Crippen molar-refractivity contribution < 1.29 is 14.0 Å². The molecule has 1 amide bonds. The van der Waals surface area contributed by atoms with Crippen LogP contribution < -0.4 is 5.32 Å². The third kappa shape index (κ3) is 3.91. The zero-order chi connectivity index (χ0) is 19.9. The predicted molar refractivity (Wildman–Crippen MR) is 109 cm³/mol. The van der Waals surface area contributed by atoms with Crippen molar-refractivity contribution >= 4 is 28.2 Å². The highest BCUT2D eigenvalue weighted by Gasteiger charge is 2.37. The molecule has 0 radical (unpaired) electrons. The van der Waals surface area contributed by atoms with E-state index in [4.69, 9.17) is 4.42 Å². The van der Waals surface area contributed by atoms with Gasteiger partial charge in [0.05, 0.1) is 11.3 Å². The Morgan fingerprint density at radius 3 is 2.79 bits per heavy atom. The number of anilines is 1. The molecule has 6 nitrogen and oxygen atoms in total. The highest BCUT2D eigenvalue weighted by molar-refractivity contribution is 7.13. The molecular weight excluding hydrogens is 374 g/mol. The molecule has 1 fully saturated rings. The lowest BCUT2D eigenvalue weighted by Gasteiger charge is -2.27. The number of thiazole rings is 1. The first-order valence-electron chi connectivity index (χ1n) is 9.96. The zero-order valence-electron chi connectivity index (χ0n) is 16.8. The summed E-state index contributed by atoms with van der Waals surface area (Å²) >= 11 is 1.42. The quantitative estimate of drug-likeness (QED) is 0.820. The molecule has 0 unspecified atom stereocenters. The summed E-state index contributed by atoms with van der Waals surface area (Å²) in [5.74, 6) is 0.582. The van der Waals surface area contributed by atoms with Gasteiger partial charge in [0.1, 0.15) is 5.76 Å². The number of carbonyl (C=O) groups excluding carboxylic acids is 2. The summed E-state index contributed by atoms with van der Waals surface area (Å²) in [7, 11) is 0. The lowest BCUT2D eigenvalue weighted by molar-refractivity contribution is 0.0898. The van der Waals surface area contributed by atoms with Crippen molar-refractivity contribution in [2.24, 2.45) is 5.41 Å². The van der Waals surface area contributed by atoms with Crippen LogP contribution in [0.2, 0.25) is 0 Å². The van der Waals surface area contributed by atoms with Gasteiger partial charge in [-0.15, -0.1) is 11.3 Å². The maximum absolute atomic E-state index is 12.8. The summed E-state index contributed by atoms with van der Waals surface area (Å²) < 4.78 is 5.84. The normalized spacial score (nSPS) is 19.5. The van der Waals surface area contributed by atoms with E-state index in [-0.39, 0.29) is 22.9 Å². The molecule has 0 aromatic carbocycles. The number of nitrogens with one attached hydrogen (secondary N) is 1.